The molecule has 1 aromatic heterocycles. The van der Waals surface area contributed by atoms with Gasteiger partial charge in [-0.25, -0.2) is 9.37 Å². The topological polar surface area (TPSA) is 124 Å². The van der Waals surface area contributed by atoms with Gasteiger partial charge in [-0.1, -0.05) is 31.5 Å². The van der Waals surface area contributed by atoms with Crippen LogP contribution in [-0.2, 0) is 5.54 Å². The van der Waals surface area contributed by atoms with Gasteiger partial charge in [0.15, 0.2) is 5.17 Å². The second-order valence-corrected chi connectivity index (χ2v) is 9.08. The molecule has 0 radical (unpaired) electrons. The highest BCUT2D eigenvalue weighted by molar-refractivity contribution is 8.13. The van der Waals surface area contributed by atoms with E-state index in [0.29, 0.717) is 28.6 Å². The zero-order valence-electron chi connectivity index (χ0n) is 18.6. The molecule has 0 bridgehead atoms. The van der Waals surface area contributed by atoms with Crippen molar-refractivity contribution in [3.63, 3.8) is 0 Å². The SMILES string of the molecule is CCCCO.N#Cc1ccc(C(=O)Nc2ccc(F)c([C@]34CCC[C@H]3CSC(N)=N4)c2)nc1. The zero-order chi connectivity index (χ0) is 23.8. The number of aliphatic hydroxyl groups excluding tert-OH is 1. The van der Waals surface area contributed by atoms with Crippen molar-refractivity contribution in [2.45, 2.75) is 44.6 Å². The lowest BCUT2D eigenvalue weighted by Crippen LogP contribution is -2.37. The number of amides is 1. The lowest BCUT2D eigenvalue weighted by atomic mass is 9.81. The first-order chi connectivity index (χ1) is 15.9. The Hall–Kier alpha value is -2.96. The van der Waals surface area contributed by atoms with Gasteiger partial charge in [0.1, 0.15) is 17.6 Å². The molecule has 1 aromatic carbocycles. The van der Waals surface area contributed by atoms with Crippen LogP contribution < -0.4 is 11.1 Å². The molecule has 1 saturated carbocycles. The van der Waals surface area contributed by atoms with Gasteiger partial charge in [-0.2, -0.15) is 5.26 Å². The summed E-state index contributed by atoms with van der Waals surface area (Å²) in [5, 5.41) is 20.1. The minimum Gasteiger partial charge on any atom is -0.396 e. The van der Waals surface area contributed by atoms with Crippen LogP contribution in [0, 0.1) is 23.1 Å². The number of aliphatic hydroxyl groups is 1. The van der Waals surface area contributed by atoms with Crippen molar-refractivity contribution in [1.29, 1.82) is 5.26 Å². The molecule has 7 nitrogen and oxygen atoms in total. The highest BCUT2D eigenvalue weighted by Crippen LogP contribution is 2.51. The zero-order valence-corrected chi connectivity index (χ0v) is 19.4. The number of carbonyl (C=O) groups excluding carboxylic acids is 1. The van der Waals surface area contributed by atoms with E-state index in [0.717, 1.165) is 37.9 Å². The van der Waals surface area contributed by atoms with Crippen molar-refractivity contribution in [3.8, 4) is 6.07 Å². The molecule has 33 heavy (non-hydrogen) atoms. The molecule has 2 aromatic rings. The first-order valence-corrected chi connectivity index (χ1v) is 12.0. The molecule has 2 atom stereocenters. The Bertz CT molecular complexity index is 1050. The molecule has 2 heterocycles. The van der Waals surface area contributed by atoms with Gasteiger partial charge in [0.2, 0.25) is 0 Å². The van der Waals surface area contributed by atoms with Gasteiger partial charge in [0.05, 0.1) is 11.1 Å². The van der Waals surface area contributed by atoms with E-state index in [1.807, 2.05) is 6.07 Å². The molecule has 1 aliphatic heterocycles. The summed E-state index contributed by atoms with van der Waals surface area (Å²) in [4.78, 5) is 21.1. The van der Waals surface area contributed by atoms with E-state index in [1.165, 1.54) is 42.2 Å². The maximum atomic E-state index is 14.8. The molecular weight excluding hydrogens is 441 g/mol. The molecule has 1 amide bonds. The van der Waals surface area contributed by atoms with Crippen molar-refractivity contribution < 1.29 is 14.3 Å². The number of thioether (sulfide) groups is 1. The second-order valence-electron chi connectivity index (χ2n) is 8.04. The number of carbonyl (C=O) groups is 1. The number of nitrogens with two attached hydrogens (primary N) is 1. The van der Waals surface area contributed by atoms with Crippen molar-refractivity contribution in [2.75, 3.05) is 17.7 Å². The minimum absolute atomic E-state index is 0.179. The van der Waals surface area contributed by atoms with Crippen LogP contribution in [0.1, 0.15) is 60.6 Å². The predicted molar refractivity (Wildman–Crippen MR) is 128 cm³/mol. The van der Waals surface area contributed by atoms with E-state index in [9.17, 15) is 9.18 Å². The molecular formula is C24H28FN5O2S. The van der Waals surface area contributed by atoms with Crippen LogP contribution in [-0.4, -0.2) is 33.5 Å². The number of aromatic nitrogens is 1. The number of fused-ring (bicyclic) bond motifs is 1. The van der Waals surface area contributed by atoms with E-state index in [2.05, 4.69) is 22.2 Å². The van der Waals surface area contributed by atoms with E-state index >= 15 is 0 Å². The Kier molecular flexibility index (Phi) is 8.42. The number of nitrogens with one attached hydrogen (secondary N) is 1. The highest BCUT2D eigenvalue weighted by atomic mass is 32.2. The Morgan fingerprint density at radius 1 is 1.42 bits per heavy atom. The Balaban J connectivity index is 0.000000555. The number of rotatable bonds is 5. The van der Waals surface area contributed by atoms with Gasteiger partial charge < -0.3 is 16.2 Å². The lowest BCUT2D eigenvalue weighted by molar-refractivity contribution is 0.102. The van der Waals surface area contributed by atoms with Crippen LogP contribution in [0.5, 0.6) is 0 Å². The number of anilines is 1. The molecule has 1 aliphatic carbocycles. The number of unbranched alkanes of at least 4 members (excludes halogenated alkanes) is 1. The van der Waals surface area contributed by atoms with Crippen molar-refractivity contribution in [1.82, 2.24) is 4.98 Å². The lowest BCUT2D eigenvalue weighted by Gasteiger charge is -2.36. The number of hydrogen-bond donors (Lipinski definition) is 3. The van der Waals surface area contributed by atoms with Gasteiger partial charge >= 0.3 is 0 Å². The van der Waals surface area contributed by atoms with Crippen LogP contribution in [0.15, 0.2) is 41.5 Å². The molecule has 0 spiro atoms. The first-order valence-electron chi connectivity index (χ1n) is 11.0. The number of pyridine rings is 1. The minimum atomic E-state index is -0.660. The van der Waals surface area contributed by atoms with Gasteiger partial charge in [-0.05, 0) is 55.5 Å². The van der Waals surface area contributed by atoms with Crippen LogP contribution in [0.2, 0.25) is 0 Å². The highest BCUT2D eigenvalue weighted by Gasteiger charge is 2.48. The fourth-order valence-corrected chi connectivity index (χ4v) is 5.18. The number of aliphatic imine (C=N–C) groups is 1. The molecule has 0 saturated heterocycles. The molecule has 0 unspecified atom stereocenters. The average Bonchev–Trinajstić information content (AvgIpc) is 3.25. The van der Waals surface area contributed by atoms with E-state index < -0.39 is 11.4 Å². The maximum Gasteiger partial charge on any atom is 0.274 e. The summed E-state index contributed by atoms with van der Waals surface area (Å²) in [6.45, 7) is 2.40. The second kappa shape index (κ2) is 11.3. The van der Waals surface area contributed by atoms with Crippen LogP contribution in [0.25, 0.3) is 0 Å². The summed E-state index contributed by atoms with van der Waals surface area (Å²) < 4.78 is 14.8. The molecule has 174 valence electrons. The first kappa shape index (κ1) is 24.7. The third kappa shape index (κ3) is 5.70. The van der Waals surface area contributed by atoms with E-state index in [4.69, 9.17) is 16.1 Å². The van der Waals surface area contributed by atoms with Crippen molar-refractivity contribution in [2.24, 2.45) is 16.6 Å². The number of hydrogen-bond acceptors (Lipinski definition) is 7. The van der Waals surface area contributed by atoms with Gasteiger partial charge in [0.25, 0.3) is 5.91 Å². The number of nitrogens with zero attached hydrogens (tertiary/aromatic N) is 3. The van der Waals surface area contributed by atoms with E-state index in [-0.39, 0.29) is 17.4 Å². The quantitative estimate of drug-likeness (QED) is 0.603. The number of halogens is 1. The van der Waals surface area contributed by atoms with Crippen molar-refractivity contribution in [3.05, 3.63) is 59.2 Å². The third-order valence-electron chi connectivity index (χ3n) is 5.86. The summed E-state index contributed by atoms with van der Waals surface area (Å²) >= 11 is 1.51. The van der Waals surface area contributed by atoms with Crippen LogP contribution in [0.4, 0.5) is 10.1 Å². The Morgan fingerprint density at radius 3 is 2.88 bits per heavy atom. The summed E-state index contributed by atoms with van der Waals surface area (Å²) in [5.74, 6) is 0.278. The predicted octanol–water partition coefficient (Wildman–Crippen LogP) is 4.18. The Labute approximate surface area is 197 Å². The standard InChI is InChI=1S/C20H18FN5OS.C4H10O/c21-16-5-4-14(25-18(27)17-6-3-12(9-22)10-24-17)8-15(16)20-7-1-2-13(20)11-28-19(23)26-20;1-2-3-4-5/h3-6,8,10,13H,1-2,7,11H2,(H2,23,26)(H,25,27);5H,2-4H2,1H3/t13-,20-;/m0./s1. The summed E-state index contributed by atoms with van der Waals surface area (Å²) in [6.07, 6.45) is 6.06. The van der Waals surface area contributed by atoms with Gasteiger partial charge in [-0.15, -0.1) is 0 Å². The fourth-order valence-electron chi connectivity index (χ4n) is 4.14. The molecule has 2 aliphatic rings. The normalized spacial score (nSPS) is 21.2. The molecule has 4 rings (SSSR count). The maximum absolute atomic E-state index is 14.8. The summed E-state index contributed by atoms with van der Waals surface area (Å²) in [7, 11) is 0. The number of benzene rings is 1. The largest absolute Gasteiger partial charge is 0.396 e. The fraction of sp³-hybridized carbons (Fsp3) is 0.417. The average molecular weight is 470 g/mol. The van der Waals surface area contributed by atoms with Crippen LogP contribution in [0.3, 0.4) is 0 Å². The summed E-state index contributed by atoms with van der Waals surface area (Å²) in [5.41, 5.74) is 6.81. The molecule has 4 N–H and O–H groups in total. The van der Waals surface area contributed by atoms with Crippen molar-refractivity contribution >= 4 is 28.5 Å². The third-order valence-corrected chi connectivity index (χ3v) is 6.81. The number of nitriles is 1. The Morgan fingerprint density at radius 2 is 2.24 bits per heavy atom. The monoisotopic (exact) mass is 469 g/mol. The summed E-state index contributed by atoms with van der Waals surface area (Å²) in [6, 6.07) is 9.49. The van der Waals surface area contributed by atoms with Crippen LogP contribution >= 0.6 is 11.8 Å². The van der Waals surface area contributed by atoms with Gasteiger partial charge in [-0.3, -0.25) is 9.79 Å². The van der Waals surface area contributed by atoms with E-state index in [1.54, 1.807) is 6.07 Å². The van der Waals surface area contributed by atoms with Gasteiger partial charge in [0, 0.05) is 29.8 Å². The number of amidine groups is 1. The molecule has 9 heteroatoms. The smallest absolute Gasteiger partial charge is 0.274 e. The molecule has 1 fully saturated rings.